The van der Waals surface area contributed by atoms with Crippen molar-refractivity contribution in [1.29, 1.82) is 0 Å². The lowest BCUT2D eigenvalue weighted by molar-refractivity contribution is 0.0888. The van der Waals surface area contributed by atoms with Gasteiger partial charge in [0.25, 0.3) is 5.91 Å². The van der Waals surface area contributed by atoms with Gasteiger partial charge in [0, 0.05) is 17.5 Å². The summed E-state index contributed by atoms with van der Waals surface area (Å²) in [6.07, 6.45) is 0.0954. The molecular formula is C14H17NO3. The fourth-order valence-corrected chi connectivity index (χ4v) is 1.83. The number of hydrogen-bond donors (Lipinski definition) is 2. The molecule has 0 aliphatic heterocycles. The molecule has 96 valence electrons. The maximum Gasteiger partial charge on any atom is 0.287 e. The average molecular weight is 247 g/mol. The van der Waals surface area contributed by atoms with Crippen LogP contribution in [-0.2, 0) is 0 Å². The van der Waals surface area contributed by atoms with Crippen molar-refractivity contribution >= 4 is 16.9 Å². The summed E-state index contributed by atoms with van der Waals surface area (Å²) in [6, 6.07) is 7.53. The van der Waals surface area contributed by atoms with E-state index in [0.717, 1.165) is 10.9 Å². The van der Waals surface area contributed by atoms with E-state index in [9.17, 15) is 9.90 Å². The third kappa shape index (κ3) is 2.38. The van der Waals surface area contributed by atoms with Crippen LogP contribution in [0.15, 0.2) is 28.7 Å². The number of carbonyl (C=O) groups excluding carboxylic acids is 1. The van der Waals surface area contributed by atoms with Crippen LogP contribution in [0, 0.1) is 6.92 Å². The summed E-state index contributed by atoms with van der Waals surface area (Å²) in [7, 11) is 0. The van der Waals surface area contributed by atoms with E-state index < -0.39 is 6.10 Å². The van der Waals surface area contributed by atoms with Crippen molar-refractivity contribution in [3.8, 4) is 0 Å². The normalized spacial score (nSPS) is 12.6. The molecule has 2 N–H and O–H groups in total. The van der Waals surface area contributed by atoms with Crippen LogP contribution in [0.5, 0.6) is 0 Å². The highest BCUT2D eigenvalue weighted by atomic mass is 16.3. The van der Waals surface area contributed by atoms with Gasteiger partial charge in [-0.1, -0.05) is 25.1 Å². The lowest BCUT2D eigenvalue weighted by Gasteiger charge is -2.08. The fraction of sp³-hybridized carbons (Fsp3) is 0.357. The summed E-state index contributed by atoms with van der Waals surface area (Å²) in [5.74, 6) is 0.0377. The molecule has 1 aromatic carbocycles. The monoisotopic (exact) mass is 247 g/mol. The number of rotatable bonds is 4. The van der Waals surface area contributed by atoms with E-state index in [1.165, 1.54) is 0 Å². The van der Waals surface area contributed by atoms with Crippen LogP contribution >= 0.6 is 0 Å². The lowest BCUT2D eigenvalue weighted by atomic mass is 10.1. The summed E-state index contributed by atoms with van der Waals surface area (Å²) >= 11 is 0. The molecule has 1 unspecified atom stereocenters. The molecule has 4 nitrogen and oxygen atoms in total. The van der Waals surface area contributed by atoms with Gasteiger partial charge in [-0.25, -0.2) is 0 Å². The second kappa shape index (κ2) is 5.23. The van der Waals surface area contributed by atoms with Gasteiger partial charge in [0.1, 0.15) is 5.58 Å². The van der Waals surface area contributed by atoms with Gasteiger partial charge in [0.15, 0.2) is 5.76 Å². The smallest absolute Gasteiger partial charge is 0.287 e. The first-order chi connectivity index (χ1) is 8.63. The number of benzene rings is 1. The molecule has 0 aliphatic rings. The Balaban J connectivity index is 2.20. The first kappa shape index (κ1) is 12.6. The molecule has 0 spiro atoms. The summed E-state index contributed by atoms with van der Waals surface area (Å²) < 4.78 is 5.53. The molecule has 0 fully saturated rings. The Morgan fingerprint density at radius 2 is 2.17 bits per heavy atom. The molecule has 1 amide bonds. The number of aliphatic hydroxyl groups excluding tert-OH is 1. The van der Waals surface area contributed by atoms with E-state index in [-0.39, 0.29) is 12.5 Å². The van der Waals surface area contributed by atoms with Gasteiger partial charge in [0.05, 0.1) is 6.10 Å². The zero-order valence-electron chi connectivity index (χ0n) is 10.6. The topological polar surface area (TPSA) is 62.5 Å². The molecule has 2 rings (SSSR count). The Bertz CT molecular complexity index is 559. The van der Waals surface area contributed by atoms with Gasteiger partial charge in [0.2, 0.25) is 0 Å². The quantitative estimate of drug-likeness (QED) is 0.871. The summed E-state index contributed by atoms with van der Waals surface area (Å²) in [4.78, 5) is 11.9. The van der Waals surface area contributed by atoms with Crippen LogP contribution in [0.4, 0.5) is 0 Å². The predicted molar refractivity (Wildman–Crippen MR) is 69.6 cm³/mol. The van der Waals surface area contributed by atoms with Crippen LogP contribution in [0.25, 0.3) is 11.0 Å². The van der Waals surface area contributed by atoms with Crippen LogP contribution < -0.4 is 5.32 Å². The van der Waals surface area contributed by atoms with E-state index in [0.29, 0.717) is 17.8 Å². The standard InChI is InChI=1S/C14H17NO3/c1-3-10(16)8-15-14(17)13-9(2)11-6-4-5-7-12(11)18-13/h4-7,10,16H,3,8H2,1-2H3,(H,15,17). The van der Waals surface area contributed by atoms with Gasteiger partial charge in [-0.05, 0) is 19.4 Å². The molecule has 0 saturated heterocycles. The number of carbonyl (C=O) groups is 1. The van der Waals surface area contributed by atoms with Gasteiger partial charge < -0.3 is 14.8 Å². The highest BCUT2D eigenvalue weighted by Gasteiger charge is 2.17. The van der Waals surface area contributed by atoms with Crippen molar-refractivity contribution in [2.45, 2.75) is 26.4 Å². The maximum absolute atomic E-state index is 11.9. The Hall–Kier alpha value is -1.81. The minimum Gasteiger partial charge on any atom is -0.451 e. The van der Waals surface area contributed by atoms with Crippen molar-refractivity contribution in [2.75, 3.05) is 6.54 Å². The van der Waals surface area contributed by atoms with Gasteiger partial charge in [-0.3, -0.25) is 4.79 Å². The largest absolute Gasteiger partial charge is 0.451 e. The van der Waals surface area contributed by atoms with E-state index in [1.54, 1.807) is 0 Å². The summed E-state index contributed by atoms with van der Waals surface area (Å²) in [6.45, 7) is 3.96. The van der Waals surface area contributed by atoms with E-state index in [4.69, 9.17) is 4.42 Å². The Kier molecular flexibility index (Phi) is 3.67. The molecule has 2 aromatic rings. The van der Waals surface area contributed by atoms with Crippen LogP contribution in [-0.4, -0.2) is 23.7 Å². The number of aryl methyl sites for hydroxylation is 1. The number of amides is 1. The summed E-state index contributed by atoms with van der Waals surface area (Å²) in [5.41, 5.74) is 1.53. The van der Waals surface area contributed by atoms with Crippen LogP contribution in [0.3, 0.4) is 0 Å². The van der Waals surface area contributed by atoms with Crippen molar-refractivity contribution in [3.63, 3.8) is 0 Å². The van der Waals surface area contributed by atoms with E-state index in [2.05, 4.69) is 5.32 Å². The first-order valence-electron chi connectivity index (χ1n) is 6.08. The SMILES string of the molecule is CCC(O)CNC(=O)c1oc2ccccc2c1C. The molecule has 18 heavy (non-hydrogen) atoms. The fourth-order valence-electron chi connectivity index (χ4n) is 1.83. The maximum atomic E-state index is 11.9. The Morgan fingerprint density at radius 1 is 1.44 bits per heavy atom. The predicted octanol–water partition coefficient (Wildman–Crippen LogP) is 2.24. The lowest BCUT2D eigenvalue weighted by Crippen LogP contribution is -2.31. The first-order valence-corrected chi connectivity index (χ1v) is 6.08. The molecule has 0 bridgehead atoms. The number of hydrogen-bond acceptors (Lipinski definition) is 3. The second-order valence-corrected chi connectivity index (χ2v) is 4.32. The van der Waals surface area contributed by atoms with E-state index >= 15 is 0 Å². The highest BCUT2D eigenvalue weighted by molar-refractivity contribution is 5.98. The molecule has 0 aliphatic carbocycles. The van der Waals surface area contributed by atoms with Crippen molar-refractivity contribution in [2.24, 2.45) is 0 Å². The zero-order chi connectivity index (χ0) is 13.1. The minimum absolute atomic E-state index is 0.242. The van der Waals surface area contributed by atoms with Crippen molar-refractivity contribution in [1.82, 2.24) is 5.32 Å². The van der Waals surface area contributed by atoms with Crippen molar-refractivity contribution in [3.05, 3.63) is 35.6 Å². The number of aliphatic hydroxyl groups is 1. The number of para-hydroxylation sites is 1. The second-order valence-electron chi connectivity index (χ2n) is 4.32. The third-order valence-corrected chi connectivity index (χ3v) is 3.02. The van der Waals surface area contributed by atoms with Crippen molar-refractivity contribution < 1.29 is 14.3 Å². The van der Waals surface area contributed by atoms with Crippen LogP contribution in [0.2, 0.25) is 0 Å². The third-order valence-electron chi connectivity index (χ3n) is 3.02. The minimum atomic E-state index is -0.515. The molecule has 1 aromatic heterocycles. The molecule has 0 radical (unpaired) electrons. The van der Waals surface area contributed by atoms with Gasteiger partial charge in [-0.15, -0.1) is 0 Å². The molecular weight excluding hydrogens is 230 g/mol. The highest BCUT2D eigenvalue weighted by Crippen LogP contribution is 2.24. The Labute approximate surface area is 106 Å². The number of fused-ring (bicyclic) bond motifs is 1. The number of furan rings is 1. The molecule has 4 heteroatoms. The number of nitrogens with one attached hydrogen (secondary N) is 1. The van der Waals surface area contributed by atoms with Crippen LogP contribution in [0.1, 0.15) is 29.5 Å². The molecule has 1 heterocycles. The summed E-state index contributed by atoms with van der Waals surface area (Å²) in [5, 5.41) is 13.0. The molecule has 0 saturated carbocycles. The van der Waals surface area contributed by atoms with Gasteiger partial charge >= 0.3 is 0 Å². The van der Waals surface area contributed by atoms with Gasteiger partial charge in [-0.2, -0.15) is 0 Å². The average Bonchev–Trinajstić information content (AvgIpc) is 2.73. The Morgan fingerprint density at radius 3 is 2.83 bits per heavy atom. The zero-order valence-corrected chi connectivity index (χ0v) is 10.6. The molecule has 1 atom stereocenters. The van der Waals surface area contributed by atoms with E-state index in [1.807, 2.05) is 38.1 Å².